The van der Waals surface area contributed by atoms with Crippen LogP contribution in [0.5, 0.6) is 0 Å². The SMILES string of the molecule is CCN(CC)C(OC(C)C)OC(C)C. The number of ether oxygens (including phenoxy) is 2. The van der Waals surface area contributed by atoms with Crippen LogP contribution in [0.25, 0.3) is 0 Å². The molecular formula is C11H25NO2. The average Bonchev–Trinajstić information content (AvgIpc) is 2.03. The van der Waals surface area contributed by atoms with Gasteiger partial charge < -0.3 is 9.47 Å². The summed E-state index contributed by atoms with van der Waals surface area (Å²) >= 11 is 0. The third kappa shape index (κ3) is 5.58. The Bertz CT molecular complexity index is 123. The monoisotopic (exact) mass is 203 g/mol. The van der Waals surface area contributed by atoms with Crippen LogP contribution in [-0.4, -0.2) is 36.6 Å². The summed E-state index contributed by atoms with van der Waals surface area (Å²) < 4.78 is 11.4. The molecule has 3 heteroatoms. The van der Waals surface area contributed by atoms with Gasteiger partial charge in [0.1, 0.15) is 0 Å². The van der Waals surface area contributed by atoms with Crippen molar-refractivity contribution in [2.75, 3.05) is 13.1 Å². The van der Waals surface area contributed by atoms with Gasteiger partial charge in [-0.2, -0.15) is 0 Å². The van der Waals surface area contributed by atoms with Crippen molar-refractivity contribution in [1.29, 1.82) is 0 Å². The molecule has 0 rings (SSSR count). The summed E-state index contributed by atoms with van der Waals surface area (Å²) in [7, 11) is 0. The molecule has 0 aliphatic carbocycles. The Morgan fingerprint density at radius 3 is 1.43 bits per heavy atom. The van der Waals surface area contributed by atoms with Crippen molar-refractivity contribution >= 4 is 0 Å². The van der Waals surface area contributed by atoms with Gasteiger partial charge in [0.05, 0.1) is 12.2 Å². The highest BCUT2D eigenvalue weighted by Crippen LogP contribution is 2.09. The normalized spacial score (nSPS) is 12.4. The zero-order valence-corrected chi connectivity index (χ0v) is 10.4. The second-order valence-corrected chi connectivity index (χ2v) is 3.90. The molecule has 0 heterocycles. The molecular weight excluding hydrogens is 178 g/mol. The van der Waals surface area contributed by atoms with Gasteiger partial charge >= 0.3 is 0 Å². The molecule has 0 saturated heterocycles. The van der Waals surface area contributed by atoms with E-state index in [0.717, 1.165) is 13.1 Å². The third-order valence-corrected chi connectivity index (χ3v) is 1.89. The molecule has 0 unspecified atom stereocenters. The van der Waals surface area contributed by atoms with Gasteiger partial charge in [0.15, 0.2) is 0 Å². The van der Waals surface area contributed by atoms with E-state index < -0.39 is 0 Å². The summed E-state index contributed by atoms with van der Waals surface area (Å²) in [5.74, 6) is 0. The lowest BCUT2D eigenvalue weighted by molar-refractivity contribution is -0.251. The first kappa shape index (κ1) is 13.9. The molecule has 0 aromatic heterocycles. The summed E-state index contributed by atoms with van der Waals surface area (Å²) in [6.07, 6.45) is 0.184. The lowest BCUT2D eigenvalue weighted by Gasteiger charge is -2.31. The fourth-order valence-electron chi connectivity index (χ4n) is 1.19. The van der Waals surface area contributed by atoms with Crippen molar-refractivity contribution in [1.82, 2.24) is 4.90 Å². The van der Waals surface area contributed by atoms with Crippen LogP contribution in [-0.2, 0) is 9.47 Å². The van der Waals surface area contributed by atoms with E-state index in [4.69, 9.17) is 9.47 Å². The largest absolute Gasteiger partial charge is 0.337 e. The Kier molecular flexibility index (Phi) is 7.15. The maximum Gasteiger partial charge on any atom is 0.219 e. The molecule has 0 bridgehead atoms. The molecule has 3 nitrogen and oxygen atoms in total. The van der Waals surface area contributed by atoms with E-state index >= 15 is 0 Å². The summed E-state index contributed by atoms with van der Waals surface area (Å²) in [5, 5.41) is 0. The Hall–Kier alpha value is -0.120. The molecule has 0 amide bonds. The van der Waals surface area contributed by atoms with Gasteiger partial charge in [0.2, 0.25) is 6.41 Å². The smallest absolute Gasteiger partial charge is 0.219 e. The lowest BCUT2D eigenvalue weighted by atomic mass is 10.4. The van der Waals surface area contributed by atoms with Gasteiger partial charge in [-0.15, -0.1) is 0 Å². The lowest BCUT2D eigenvalue weighted by Crippen LogP contribution is -2.42. The maximum absolute atomic E-state index is 5.71. The van der Waals surface area contributed by atoms with Crippen LogP contribution in [0, 0.1) is 0 Å². The van der Waals surface area contributed by atoms with Crippen molar-refractivity contribution in [3.05, 3.63) is 0 Å². The van der Waals surface area contributed by atoms with Gasteiger partial charge in [-0.3, -0.25) is 4.90 Å². The average molecular weight is 203 g/mol. The number of rotatable bonds is 7. The number of hydrogen-bond donors (Lipinski definition) is 0. The molecule has 0 aliphatic rings. The molecule has 0 spiro atoms. The number of nitrogens with zero attached hydrogens (tertiary/aromatic N) is 1. The van der Waals surface area contributed by atoms with E-state index in [1.807, 2.05) is 27.7 Å². The van der Waals surface area contributed by atoms with E-state index in [0.29, 0.717) is 0 Å². The topological polar surface area (TPSA) is 21.7 Å². The maximum atomic E-state index is 5.71. The van der Waals surface area contributed by atoms with Crippen molar-refractivity contribution in [2.45, 2.75) is 60.2 Å². The highest BCUT2D eigenvalue weighted by Gasteiger charge is 2.19. The van der Waals surface area contributed by atoms with Crippen LogP contribution in [0.1, 0.15) is 41.5 Å². The first-order valence-corrected chi connectivity index (χ1v) is 5.56. The fraction of sp³-hybridized carbons (Fsp3) is 1.00. The summed E-state index contributed by atoms with van der Waals surface area (Å²) in [5.41, 5.74) is 0. The zero-order chi connectivity index (χ0) is 11.1. The second kappa shape index (κ2) is 7.21. The van der Waals surface area contributed by atoms with Crippen molar-refractivity contribution < 1.29 is 9.47 Å². The Labute approximate surface area is 88.4 Å². The van der Waals surface area contributed by atoms with E-state index in [1.54, 1.807) is 0 Å². The molecule has 0 fully saturated rings. The Morgan fingerprint density at radius 2 is 1.21 bits per heavy atom. The van der Waals surface area contributed by atoms with Gasteiger partial charge in [-0.05, 0) is 40.8 Å². The van der Waals surface area contributed by atoms with Crippen LogP contribution in [0.15, 0.2) is 0 Å². The quantitative estimate of drug-likeness (QED) is 0.593. The van der Waals surface area contributed by atoms with E-state index in [9.17, 15) is 0 Å². The molecule has 0 aromatic carbocycles. The predicted octanol–water partition coefficient (Wildman–Crippen LogP) is 2.46. The minimum Gasteiger partial charge on any atom is -0.337 e. The van der Waals surface area contributed by atoms with Gasteiger partial charge in [-0.25, -0.2) is 0 Å². The van der Waals surface area contributed by atoms with Gasteiger partial charge in [0, 0.05) is 0 Å². The third-order valence-electron chi connectivity index (χ3n) is 1.89. The first-order valence-electron chi connectivity index (χ1n) is 5.56. The van der Waals surface area contributed by atoms with Crippen LogP contribution in [0.3, 0.4) is 0 Å². The number of hydrogen-bond acceptors (Lipinski definition) is 3. The highest BCUT2D eigenvalue weighted by molar-refractivity contribution is 4.54. The summed E-state index contributed by atoms with van der Waals surface area (Å²) in [6, 6.07) is 0. The van der Waals surface area contributed by atoms with Gasteiger partial charge in [0.25, 0.3) is 0 Å². The van der Waals surface area contributed by atoms with Crippen LogP contribution in [0.4, 0.5) is 0 Å². The van der Waals surface area contributed by atoms with E-state index in [-0.39, 0.29) is 18.6 Å². The van der Waals surface area contributed by atoms with E-state index in [1.165, 1.54) is 0 Å². The van der Waals surface area contributed by atoms with Crippen LogP contribution >= 0.6 is 0 Å². The van der Waals surface area contributed by atoms with E-state index in [2.05, 4.69) is 18.7 Å². The molecule has 0 aromatic rings. The minimum atomic E-state index is -0.204. The predicted molar refractivity (Wildman–Crippen MR) is 59.2 cm³/mol. The van der Waals surface area contributed by atoms with Crippen LogP contribution < -0.4 is 0 Å². The first-order chi connectivity index (χ1) is 6.51. The summed E-state index contributed by atoms with van der Waals surface area (Å²) in [6.45, 7) is 14.2. The fourth-order valence-corrected chi connectivity index (χ4v) is 1.19. The zero-order valence-electron chi connectivity index (χ0n) is 10.4. The molecule has 0 radical (unpaired) electrons. The summed E-state index contributed by atoms with van der Waals surface area (Å²) in [4.78, 5) is 2.17. The Morgan fingerprint density at radius 1 is 0.857 bits per heavy atom. The highest BCUT2D eigenvalue weighted by atomic mass is 16.7. The van der Waals surface area contributed by atoms with Crippen molar-refractivity contribution in [3.8, 4) is 0 Å². The Balaban J connectivity index is 4.20. The minimum absolute atomic E-state index is 0.194. The molecule has 0 aliphatic heterocycles. The van der Waals surface area contributed by atoms with Gasteiger partial charge in [-0.1, -0.05) is 13.8 Å². The molecule has 0 saturated carbocycles. The van der Waals surface area contributed by atoms with Crippen molar-refractivity contribution in [2.24, 2.45) is 0 Å². The van der Waals surface area contributed by atoms with Crippen LogP contribution in [0.2, 0.25) is 0 Å². The second-order valence-electron chi connectivity index (χ2n) is 3.90. The standard InChI is InChI=1S/C11H25NO2/c1-7-12(8-2)11(13-9(3)4)14-10(5)6/h9-11H,7-8H2,1-6H3. The molecule has 14 heavy (non-hydrogen) atoms. The van der Waals surface area contributed by atoms with Crippen molar-refractivity contribution in [3.63, 3.8) is 0 Å². The molecule has 0 N–H and O–H groups in total. The molecule has 0 atom stereocenters. The molecule has 86 valence electrons.